The molecule has 0 spiro atoms. The third kappa shape index (κ3) is 3.47. The summed E-state index contributed by atoms with van der Waals surface area (Å²) in [5.74, 6) is -0.214. The molecule has 6 heteroatoms. The number of hydrogen-bond donors (Lipinski definition) is 1. The summed E-state index contributed by atoms with van der Waals surface area (Å²) >= 11 is 17.9. The van der Waals surface area contributed by atoms with Crippen LogP contribution in [0, 0.1) is 6.92 Å². The Bertz CT molecular complexity index is 902. The lowest BCUT2D eigenvalue weighted by atomic mass is 10.1. The number of furan rings is 1. The number of benzene rings is 2. The molecule has 0 unspecified atom stereocenters. The van der Waals surface area contributed by atoms with Crippen molar-refractivity contribution in [3.05, 3.63) is 62.8 Å². The van der Waals surface area contributed by atoms with Gasteiger partial charge in [-0.25, -0.2) is 0 Å². The van der Waals surface area contributed by atoms with E-state index in [1.165, 1.54) is 12.1 Å². The Morgan fingerprint density at radius 1 is 1.09 bits per heavy atom. The molecule has 0 bridgehead atoms. The lowest BCUT2D eigenvalue weighted by Gasteiger charge is -2.08. The van der Waals surface area contributed by atoms with Crippen molar-refractivity contribution in [2.75, 3.05) is 5.32 Å². The minimum atomic E-state index is -0.214. The SMILES string of the molecule is Cc1ccc2c(CC(=O)Nc3cc(Cl)c(Cl)cc3Cl)coc2c1. The molecule has 0 aliphatic heterocycles. The second kappa shape index (κ2) is 6.44. The predicted octanol–water partition coefficient (Wildman–Crippen LogP) is 5.88. The van der Waals surface area contributed by atoms with Gasteiger partial charge in [-0.2, -0.15) is 0 Å². The molecule has 0 radical (unpaired) electrons. The van der Waals surface area contributed by atoms with Crippen LogP contribution in [0.15, 0.2) is 41.0 Å². The van der Waals surface area contributed by atoms with Gasteiger partial charge in [0, 0.05) is 10.9 Å². The van der Waals surface area contributed by atoms with Crippen LogP contribution in [0.3, 0.4) is 0 Å². The fraction of sp³-hybridized carbons (Fsp3) is 0.118. The topological polar surface area (TPSA) is 42.2 Å². The van der Waals surface area contributed by atoms with Gasteiger partial charge in [-0.05, 0) is 30.7 Å². The fourth-order valence-electron chi connectivity index (χ4n) is 2.31. The maximum absolute atomic E-state index is 12.3. The summed E-state index contributed by atoms with van der Waals surface area (Å²) in [5, 5.41) is 4.66. The summed E-state index contributed by atoms with van der Waals surface area (Å²) in [5.41, 5.74) is 3.11. The first-order valence-electron chi connectivity index (χ1n) is 6.85. The minimum absolute atomic E-state index is 0.173. The fourth-order valence-corrected chi connectivity index (χ4v) is 2.91. The highest BCUT2D eigenvalue weighted by Crippen LogP contribution is 2.32. The number of aryl methyl sites for hydroxylation is 1. The Morgan fingerprint density at radius 3 is 2.61 bits per heavy atom. The summed E-state index contributed by atoms with van der Waals surface area (Å²) in [4.78, 5) is 12.3. The van der Waals surface area contributed by atoms with Crippen molar-refractivity contribution >= 4 is 57.4 Å². The van der Waals surface area contributed by atoms with Crippen molar-refractivity contribution in [3.8, 4) is 0 Å². The van der Waals surface area contributed by atoms with Crippen LogP contribution in [0.2, 0.25) is 15.1 Å². The van der Waals surface area contributed by atoms with E-state index in [4.69, 9.17) is 39.2 Å². The van der Waals surface area contributed by atoms with Crippen molar-refractivity contribution in [2.45, 2.75) is 13.3 Å². The first kappa shape index (κ1) is 16.2. The quantitative estimate of drug-likeness (QED) is 0.586. The molecule has 0 fully saturated rings. The number of amides is 1. The van der Waals surface area contributed by atoms with E-state index < -0.39 is 0 Å². The summed E-state index contributed by atoms with van der Waals surface area (Å²) < 4.78 is 5.49. The number of rotatable bonds is 3. The first-order valence-corrected chi connectivity index (χ1v) is 7.98. The zero-order chi connectivity index (χ0) is 16.6. The summed E-state index contributed by atoms with van der Waals surface area (Å²) in [6.45, 7) is 1.99. The van der Waals surface area contributed by atoms with E-state index >= 15 is 0 Å². The van der Waals surface area contributed by atoms with E-state index in [1.54, 1.807) is 6.26 Å². The number of anilines is 1. The van der Waals surface area contributed by atoms with Crippen molar-refractivity contribution in [1.29, 1.82) is 0 Å². The highest BCUT2D eigenvalue weighted by atomic mass is 35.5. The molecule has 0 atom stereocenters. The van der Waals surface area contributed by atoms with Gasteiger partial charge in [-0.3, -0.25) is 4.79 Å². The average molecular weight is 369 g/mol. The number of carbonyl (C=O) groups is 1. The van der Waals surface area contributed by atoms with Gasteiger partial charge in [-0.1, -0.05) is 46.9 Å². The monoisotopic (exact) mass is 367 g/mol. The Kier molecular flexibility index (Phi) is 4.53. The first-order chi connectivity index (χ1) is 10.9. The third-order valence-electron chi connectivity index (χ3n) is 3.45. The Labute approximate surface area is 148 Å². The van der Waals surface area contributed by atoms with Gasteiger partial charge in [0.05, 0.1) is 33.4 Å². The second-order valence-corrected chi connectivity index (χ2v) is 6.45. The van der Waals surface area contributed by atoms with Crippen LogP contribution in [0.5, 0.6) is 0 Å². The molecule has 0 saturated heterocycles. The molecule has 1 amide bonds. The Balaban J connectivity index is 1.80. The maximum Gasteiger partial charge on any atom is 0.228 e. The standard InChI is InChI=1S/C17H12Cl3NO2/c1-9-2-3-11-10(8-23-16(11)4-9)5-17(22)21-15-7-13(19)12(18)6-14(15)20/h2-4,6-8H,5H2,1H3,(H,21,22). The summed E-state index contributed by atoms with van der Waals surface area (Å²) in [6.07, 6.45) is 1.77. The molecular formula is C17H12Cl3NO2. The Morgan fingerprint density at radius 2 is 1.83 bits per heavy atom. The lowest BCUT2D eigenvalue weighted by molar-refractivity contribution is -0.115. The van der Waals surface area contributed by atoms with E-state index in [2.05, 4.69) is 5.32 Å². The second-order valence-electron chi connectivity index (χ2n) is 5.23. The number of halogens is 3. The third-order valence-corrected chi connectivity index (χ3v) is 4.48. The van der Waals surface area contributed by atoms with E-state index in [0.29, 0.717) is 20.8 Å². The molecule has 1 N–H and O–H groups in total. The van der Waals surface area contributed by atoms with Crippen molar-refractivity contribution in [2.24, 2.45) is 0 Å². The molecule has 3 rings (SSSR count). The zero-order valence-electron chi connectivity index (χ0n) is 12.1. The smallest absolute Gasteiger partial charge is 0.228 e. The summed E-state index contributed by atoms with van der Waals surface area (Å²) in [7, 11) is 0. The Hall–Kier alpha value is -1.68. The van der Waals surface area contributed by atoms with Gasteiger partial charge in [0.25, 0.3) is 0 Å². The molecule has 1 heterocycles. The molecule has 0 aliphatic rings. The number of hydrogen-bond acceptors (Lipinski definition) is 2. The molecular weight excluding hydrogens is 357 g/mol. The van der Waals surface area contributed by atoms with Gasteiger partial charge in [0.2, 0.25) is 5.91 Å². The number of carbonyl (C=O) groups excluding carboxylic acids is 1. The molecule has 0 aliphatic carbocycles. The molecule has 3 aromatic rings. The molecule has 2 aromatic carbocycles. The number of fused-ring (bicyclic) bond motifs is 1. The average Bonchev–Trinajstić information content (AvgIpc) is 2.86. The predicted molar refractivity (Wildman–Crippen MR) is 94.8 cm³/mol. The van der Waals surface area contributed by atoms with Gasteiger partial charge in [-0.15, -0.1) is 0 Å². The molecule has 3 nitrogen and oxygen atoms in total. The minimum Gasteiger partial charge on any atom is -0.464 e. The van der Waals surface area contributed by atoms with Crippen LogP contribution < -0.4 is 5.32 Å². The molecule has 23 heavy (non-hydrogen) atoms. The highest BCUT2D eigenvalue weighted by molar-refractivity contribution is 6.44. The normalized spacial score (nSPS) is 11.0. The van der Waals surface area contributed by atoms with Crippen LogP contribution in [0.1, 0.15) is 11.1 Å². The van der Waals surface area contributed by atoms with Gasteiger partial charge in [0.15, 0.2) is 0 Å². The van der Waals surface area contributed by atoms with Crippen LogP contribution >= 0.6 is 34.8 Å². The van der Waals surface area contributed by atoms with Crippen molar-refractivity contribution < 1.29 is 9.21 Å². The van der Waals surface area contributed by atoms with Gasteiger partial charge >= 0.3 is 0 Å². The zero-order valence-corrected chi connectivity index (χ0v) is 14.4. The molecule has 0 saturated carbocycles. The lowest BCUT2D eigenvalue weighted by Crippen LogP contribution is -2.14. The molecule has 1 aromatic heterocycles. The van der Waals surface area contributed by atoms with Gasteiger partial charge in [0.1, 0.15) is 5.58 Å². The van der Waals surface area contributed by atoms with E-state index in [0.717, 1.165) is 22.1 Å². The largest absolute Gasteiger partial charge is 0.464 e. The van der Waals surface area contributed by atoms with E-state index in [-0.39, 0.29) is 12.3 Å². The van der Waals surface area contributed by atoms with E-state index in [9.17, 15) is 4.79 Å². The van der Waals surface area contributed by atoms with Crippen molar-refractivity contribution in [1.82, 2.24) is 0 Å². The van der Waals surface area contributed by atoms with Crippen molar-refractivity contribution in [3.63, 3.8) is 0 Å². The van der Waals surface area contributed by atoms with Crippen LogP contribution in [-0.4, -0.2) is 5.91 Å². The van der Waals surface area contributed by atoms with Crippen LogP contribution in [0.4, 0.5) is 5.69 Å². The maximum atomic E-state index is 12.3. The highest BCUT2D eigenvalue weighted by Gasteiger charge is 2.13. The van der Waals surface area contributed by atoms with Crippen LogP contribution in [0.25, 0.3) is 11.0 Å². The number of nitrogens with one attached hydrogen (secondary N) is 1. The van der Waals surface area contributed by atoms with Gasteiger partial charge < -0.3 is 9.73 Å². The molecule has 118 valence electrons. The van der Waals surface area contributed by atoms with E-state index in [1.807, 2.05) is 25.1 Å². The van der Waals surface area contributed by atoms with Crippen LogP contribution in [-0.2, 0) is 11.2 Å². The summed E-state index contributed by atoms with van der Waals surface area (Å²) in [6, 6.07) is 8.89.